The van der Waals surface area contributed by atoms with Gasteiger partial charge in [0.15, 0.2) is 0 Å². The number of benzene rings is 1. The van der Waals surface area contributed by atoms with Crippen molar-refractivity contribution in [2.75, 3.05) is 0 Å². The summed E-state index contributed by atoms with van der Waals surface area (Å²) in [4.78, 5) is 5.56. The molecule has 2 rings (SSSR count). The summed E-state index contributed by atoms with van der Waals surface area (Å²) in [5, 5.41) is 11.3. The molecule has 0 spiro atoms. The molecule has 0 bridgehead atoms. The molecule has 1 unspecified atom stereocenters. The minimum atomic E-state index is -0.562. The molecule has 0 saturated heterocycles. The number of aliphatic hydroxyl groups excluding tert-OH is 1. The number of hydrogen-bond acceptors (Lipinski definition) is 3. The van der Waals surface area contributed by atoms with Gasteiger partial charge in [0.1, 0.15) is 5.82 Å². The lowest BCUT2D eigenvalue weighted by Gasteiger charge is -2.10. The summed E-state index contributed by atoms with van der Waals surface area (Å²) in [6.07, 6.45) is 0.331. The Morgan fingerprint density at radius 1 is 1.37 bits per heavy atom. The van der Waals surface area contributed by atoms with Crippen molar-refractivity contribution >= 4 is 22.9 Å². The van der Waals surface area contributed by atoms with Crippen molar-refractivity contribution < 1.29 is 9.50 Å². The summed E-state index contributed by atoms with van der Waals surface area (Å²) in [5.41, 5.74) is 1.76. The van der Waals surface area contributed by atoms with Crippen molar-refractivity contribution in [1.29, 1.82) is 0 Å². The van der Waals surface area contributed by atoms with Crippen LogP contribution in [0.1, 0.15) is 21.1 Å². The fourth-order valence-electron chi connectivity index (χ4n) is 1.84. The molecule has 0 aliphatic heterocycles. The lowest BCUT2D eigenvalue weighted by Crippen LogP contribution is -2.14. The maximum absolute atomic E-state index is 12.9. The van der Waals surface area contributed by atoms with E-state index in [1.54, 1.807) is 17.4 Å². The lowest BCUT2D eigenvalue weighted by molar-refractivity contribution is 0.175. The van der Waals surface area contributed by atoms with E-state index in [2.05, 4.69) is 4.98 Å². The Morgan fingerprint density at radius 2 is 2.11 bits per heavy atom. The molecule has 2 aromatic rings. The van der Waals surface area contributed by atoms with Gasteiger partial charge in [-0.05, 0) is 31.5 Å². The van der Waals surface area contributed by atoms with E-state index in [9.17, 15) is 9.50 Å². The number of rotatable bonds is 4. The Labute approximate surface area is 120 Å². The van der Waals surface area contributed by atoms with Gasteiger partial charge in [0, 0.05) is 22.7 Å². The Hall–Kier alpha value is -0.970. The second kappa shape index (κ2) is 5.99. The highest BCUT2D eigenvalue weighted by Gasteiger charge is 2.13. The van der Waals surface area contributed by atoms with Crippen molar-refractivity contribution in [3.63, 3.8) is 0 Å². The SMILES string of the molecule is Cc1nc(CC(O)Cc2ccc(F)cc2Cl)sc1C. The van der Waals surface area contributed by atoms with Crippen molar-refractivity contribution in [3.05, 3.63) is 50.2 Å². The molecular weight excluding hydrogens is 285 g/mol. The first kappa shape index (κ1) is 14.4. The van der Waals surface area contributed by atoms with Crippen LogP contribution in [0.15, 0.2) is 18.2 Å². The average molecular weight is 300 g/mol. The number of aromatic nitrogens is 1. The maximum Gasteiger partial charge on any atom is 0.124 e. The second-order valence-corrected chi connectivity index (χ2v) is 6.24. The summed E-state index contributed by atoms with van der Waals surface area (Å²) in [6, 6.07) is 4.23. The molecule has 1 atom stereocenters. The largest absolute Gasteiger partial charge is 0.392 e. The number of aryl methyl sites for hydroxylation is 2. The van der Waals surface area contributed by atoms with E-state index < -0.39 is 6.10 Å². The van der Waals surface area contributed by atoms with E-state index in [0.717, 1.165) is 16.3 Å². The zero-order valence-electron chi connectivity index (χ0n) is 10.8. The standard InChI is InChI=1S/C14H15ClFNOS/c1-8-9(2)19-14(17-8)7-12(18)5-10-3-4-11(16)6-13(10)15/h3-4,6,12,18H,5,7H2,1-2H3. The van der Waals surface area contributed by atoms with Crippen molar-refractivity contribution in [3.8, 4) is 0 Å². The first-order valence-electron chi connectivity index (χ1n) is 6.00. The molecule has 0 fully saturated rings. The normalized spacial score (nSPS) is 12.7. The van der Waals surface area contributed by atoms with E-state index in [1.165, 1.54) is 17.0 Å². The summed E-state index contributed by atoms with van der Waals surface area (Å²) in [5.74, 6) is -0.366. The quantitative estimate of drug-likeness (QED) is 0.934. The van der Waals surface area contributed by atoms with Crippen molar-refractivity contribution in [1.82, 2.24) is 4.98 Å². The van der Waals surface area contributed by atoms with Crippen LogP contribution in [0.5, 0.6) is 0 Å². The van der Waals surface area contributed by atoms with Gasteiger partial charge in [-0.3, -0.25) is 0 Å². The molecule has 0 aliphatic rings. The molecule has 102 valence electrons. The van der Waals surface area contributed by atoms with Gasteiger partial charge < -0.3 is 5.11 Å². The number of nitrogens with zero attached hydrogens (tertiary/aromatic N) is 1. The third-order valence-electron chi connectivity index (χ3n) is 2.95. The topological polar surface area (TPSA) is 33.1 Å². The molecule has 1 heterocycles. The van der Waals surface area contributed by atoms with Gasteiger partial charge in [0.2, 0.25) is 0 Å². The van der Waals surface area contributed by atoms with Crippen LogP contribution in [0.25, 0.3) is 0 Å². The number of halogens is 2. The van der Waals surface area contributed by atoms with Gasteiger partial charge in [-0.15, -0.1) is 11.3 Å². The van der Waals surface area contributed by atoms with Gasteiger partial charge in [-0.1, -0.05) is 17.7 Å². The Kier molecular flexibility index (Phi) is 4.55. The minimum Gasteiger partial charge on any atom is -0.392 e. The van der Waals surface area contributed by atoms with Gasteiger partial charge in [-0.2, -0.15) is 0 Å². The van der Waals surface area contributed by atoms with Crippen LogP contribution in [0.4, 0.5) is 4.39 Å². The Bertz CT molecular complexity index is 565. The zero-order chi connectivity index (χ0) is 14.0. The first-order valence-corrected chi connectivity index (χ1v) is 7.20. The van der Waals surface area contributed by atoms with E-state index >= 15 is 0 Å². The molecular formula is C14H15ClFNOS. The highest BCUT2D eigenvalue weighted by molar-refractivity contribution is 7.11. The second-order valence-electron chi connectivity index (χ2n) is 4.55. The molecule has 1 aromatic carbocycles. The lowest BCUT2D eigenvalue weighted by atomic mass is 10.1. The van der Waals surface area contributed by atoms with Crippen LogP contribution >= 0.6 is 22.9 Å². The van der Waals surface area contributed by atoms with Crippen molar-refractivity contribution in [2.45, 2.75) is 32.8 Å². The molecule has 1 N–H and O–H groups in total. The predicted molar refractivity (Wildman–Crippen MR) is 76.4 cm³/mol. The van der Waals surface area contributed by atoms with E-state index in [4.69, 9.17) is 11.6 Å². The third kappa shape index (κ3) is 3.75. The number of hydrogen-bond donors (Lipinski definition) is 1. The highest BCUT2D eigenvalue weighted by Crippen LogP contribution is 2.22. The van der Waals surface area contributed by atoms with Gasteiger partial charge in [0.05, 0.1) is 16.8 Å². The van der Waals surface area contributed by atoms with Crippen LogP contribution in [0.2, 0.25) is 5.02 Å². The van der Waals surface area contributed by atoms with Crippen LogP contribution in [-0.4, -0.2) is 16.2 Å². The maximum atomic E-state index is 12.9. The van der Waals surface area contributed by atoms with Crippen molar-refractivity contribution in [2.24, 2.45) is 0 Å². The molecule has 2 nitrogen and oxygen atoms in total. The average Bonchev–Trinajstić information content (AvgIpc) is 2.62. The van der Waals surface area contributed by atoms with Crippen LogP contribution in [0.3, 0.4) is 0 Å². The predicted octanol–water partition coefficient (Wildman–Crippen LogP) is 3.70. The van der Waals surface area contributed by atoms with E-state index in [-0.39, 0.29) is 5.82 Å². The Balaban J connectivity index is 2.02. The molecule has 1 aromatic heterocycles. The van der Waals surface area contributed by atoms with E-state index in [1.807, 2.05) is 13.8 Å². The van der Waals surface area contributed by atoms with Gasteiger partial charge in [0.25, 0.3) is 0 Å². The molecule has 19 heavy (non-hydrogen) atoms. The monoisotopic (exact) mass is 299 g/mol. The summed E-state index contributed by atoms with van der Waals surface area (Å²) < 4.78 is 12.9. The van der Waals surface area contributed by atoms with Crippen LogP contribution < -0.4 is 0 Å². The molecule has 0 saturated carbocycles. The molecule has 5 heteroatoms. The minimum absolute atomic E-state index is 0.352. The van der Waals surface area contributed by atoms with Gasteiger partial charge in [-0.25, -0.2) is 9.37 Å². The third-order valence-corrected chi connectivity index (χ3v) is 4.40. The smallest absolute Gasteiger partial charge is 0.124 e. The first-order chi connectivity index (χ1) is 8.95. The van der Waals surface area contributed by atoms with E-state index in [0.29, 0.717) is 17.9 Å². The fourth-order valence-corrected chi connectivity index (χ4v) is 3.09. The summed E-state index contributed by atoms with van der Waals surface area (Å²) in [7, 11) is 0. The molecule has 0 amide bonds. The number of thiazole rings is 1. The fraction of sp³-hybridized carbons (Fsp3) is 0.357. The Morgan fingerprint density at radius 3 is 2.68 bits per heavy atom. The highest BCUT2D eigenvalue weighted by atomic mass is 35.5. The summed E-state index contributed by atoms with van der Waals surface area (Å²) in [6.45, 7) is 3.97. The molecule has 0 aliphatic carbocycles. The van der Waals surface area contributed by atoms with Crippen LogP contribution in [-0.2, 0) is 12.8 Å². The van der Waals surface area contributed by atoms with Crippen LogP contribution in [0, 0.1) is 19.7 Å². The molecule has 0 radical (unpaired) electrons. The number of aliphatic hydroxyl groups is 1. The zero-order valence-corrected chi connectivity index (χ0v) is 12.4. The van der Waals surface area contributed by atoms with Gasteiger partial charge >= 0.3 is 0 Å². The summed E-state index contributed by atoms with van der Waals surface area (Å²) >= 11 is 7.54.